The highest BCUT2D eigenvalue weighted by Gasteiger charge is 2.29. The standard InChI is InChI=1S/C27H39N3O4S/c1-5-7-19-28-27(32)25(6-2)30(21-23-15-12-11-14-22(23)3)26(31)18-13-20-29(4)35(33,34)24-16-9-8-10-17-24/h8-12,14-17,25H,5-7,13,18-21H2,1-4H3,(H,28,32). The summed E-state index contributed by atoms with van der Waals surface area (Å²) in [6, 6.07) is 15.5. The van der Waals surface area contributed by atoms with E-state index in [2.05, 4.69) is 12.2 Å². The summed E-state index contributed by atoms with van der Waals surface area (Å²) in [5.41, 5.74) is 2.05. The predicted molar refractivity (Wildman–Crippen MR) is 139 cm³/mol. The van der Waals surface area contributed by atoms with Crippen molar-refractivity contribution in [1.29, 1.82) is 0 Å². The van der Waals surface area contributed by atoms with Crippen molar-refractivity contribution in [3.05, 3.63) is 65.7 Å². The van der Waals surface area contributed by atoms with E-state index >= 15 is 0 Å². The highest BCUT2D eigenvalue weighted by Crippen LogP contribution is 2.18. The molecule has 0 aromatic heterocycles. The Morgan fingerprint density at radius 3 is 2.26 bits per heavy atom. The number of hydrogen-bond donors (Lipinski definition) is 1. The quantitative estimate of drug-likeness (QED) is 0.395. The molecule has 0 aliphatic rings. The number of carbonyl (C=O) groups is 2. The molecule has 0 saturated carbocycles. The minimum absolute atomic E-state index is 0.147. The summed E-state index contributed by atoms with van der Waals surface area (Å²) >= 11 is 0. The molecule has 7 nitrogen and oxygen atoms in total. The Hall–Kier alpha value is -2.71. The van der Waals surface area contributed by atoms with Crippen LogP contribution in [0.25, 0.3) is 0 Å². The van der Waals surface area contributed by atoms with Gasteiger partial charge in [-0.25, -0.2) is 12.7 Å². The van der Waals surface area contributed by atoms with Gasteiger partial charge in [-0.2, -0.15) is 0 Å². The van der Waals surface area contributed by atoms with Crippen LogP contribution in [0.1, 0.15) is 57.1 Å². The number of amides is 2. The number of carbonyl (C=O) groups excluding carboxylic acids is 2. The van der Waals surface area contributed by atoms with Gasteiger partial charge in [0.25, 0.3) is 0 Å². The van der Waals surface area contributed by atoms with E-state index in [0.29, 0.717) is 25.9 Å². The normalized spacial score (nSPS) is 12.4. The van der Waals surface area contributed by atoms with Gasteiger partial charge in [0.05, 0.1) is 4.90 Å². The Morgan fingerprint density at radius 2 is 1.63 bits per heavy atom. The van der Waals surface area contributed by atoms with Gasteiger partial charge in [0.1, 0.15) is 6.04 Å². The molecule has 0 heterocycles. The second-order valence-electron chi connectivity index (χ2n) is 8.76. The van der Waals surface area contributed by atoms with E-state index in [0.717, 1.165) is 24.0 Å². The fourth-order valence-electron chi connectivity index (χ4n) is 3.89. The number of aryl methyl sites for hydroxylation is 1. The summed E-state index contributed by atoms with van der Waals surface area (Å²) in [5, 5.41) is 2.96. The van der Waals surface area contributed by atoms with Crippen LogP contribution in [0.4, 0.5) is 0 Å². The van der Waals surface area contributed by atoms with Crippen molar-refractivity contribution in [3.63, 3.8) is 0 Å². The molecule has 0 bridgehead atoms. The molecule has 0 radical (unpaired) electrons. The molecule has 0 fully saturated rings. The number of unbranched alkanes of at least 4 members (excludes halogenated alkanes) is 1. The molecule has 0 aliphatic carbocycles. The van der Waals surface area contributed by atoms with Gasteiger partial charge in [0.15, 0.2) is 0 Å². The summed E-state index contributed by atoms with van der Waals surface area (Å²) in [7, 11) is -2.09. The first kappa shape index (κ1) is 28.5. The van der Waals surface area contributed by atoms with Crippen LogP contribution >= 0.6 is 0 Å². The zero-order valence-corrected chi connectivity index (χ0v) is 22.2. The minimum atomic E-state index is -3.61. The minimum Gasteiger partial charge on any atom is -0.354 e. The fraction of sp³-hybridized carbons (Fsp3) is 0.481. The van der Waals surface area contributed by atoms with Crippen LogP contribution in [-0.2, 0) is 26.2 Å². The second kappa shape index (κ2) is 14.0. The van der Waals surface area contributed by atoms with Crippen molar-refractivity contribution in [2.75, 3.05) is 20.1 Å². The monoisotopic (exact) mass is 501 g/mol. The van der Waals surface area contributed by atoms with Crippen LogP contribution in [-0.4, -0.2) is 55.6 Å². The lowest BCUT2D eigenvalue weighted by molar-refractivity contribution is -0.141. The third-order valence-corrected chi connectivity index (χ3v) is 8.00. The van der Waals surface area contributed by atoms with Crippen LogP contribution in [0.5, 0.6) is 0 Å². The maximum atomic E-state index is 13.4. The van der Waals surface area contributed by atoms with Crippen molar-refractivity contribution in [2.45, 2.75) is 70.4 Å². The molecule has 0 saturated heterocycles. The Kier molecular flexibility index (Phi) is 11.4. The van der Waals surface area contributed by atoms with Gasteiger partial charge in [0, 0.05) is 33.1 Å². The average Bonchev–Trinajstić information content (AvgIpc) is 2.85. The third kappa shape index (κ3) is 8.18. The van der Waals surface area contributed by atoms with Gasteiger partial charge >= 0.3 is 0 Å². The largest absolute Gasteiger partial charge is 0.354 e. The van der Waals surface area contributed by atoms with E-state index in [9.17, 15) is 18.0 Å². The van der Waals surface area contributed by atoms with Crippen molar-refractivity contribution < 1.29 is 18.0 Å². The Balaban J connectivity index is 2.12. The molecule has 0 aliphatic heterocycles. The third-order valence-electron chi connectivity index (χ3n) is 6.13. The Bertz CT molecular complexity index is 1060. The summed E-state index contributed by atoms with van der Waals surface area (Å²) in [6.07, 6.45) is 2.87. The molecule has 0 spiro atoms. The van der Waals surface area contributed by atoms with Gasteiger partial charge in [-0.15, -0.1) is 0 Å². The van der Waals surface area contributed by atoms with E-state index in [4.69, 9.17) is 0 Å². The summed E-state index contributed by atoms with van der Waals surface area (Å²) in [4.78, 5) is 28.2. The molecular formula is C27H39N3O4S. The summed E-state index contributed by atoms with van der Waals surface area (Å²) in [6.45, 7) is 7.09. The zero-order chi connectivity index (χ0) is 25.8. The zero-order valence-electron chi connectivity index (χ0n) is 21.4. The maximum absolute atomic E-state index is 13.4. The molecular weight excluding hydrogens is 462 g/mol. The number of sulfonamides is 1. The summed E-state index contributed by atoms with van der Waals surface area (Å²) < 4.78 is 26.8. The molecule has 1 N–H and O–H groups in total. The van der Waals surface area contributed by atoms with Gasteiger partial charge < -0.3 is 10.2 Å². The van der Waals surface area contributed by atoms with Gasteiger partial charge in [-0.3, -0.25) is 9.59 Å². The molecule has 2 rings (SSSR count). The van der Waals surface area contributed by atoms with Gasteiger partial charge in [0.2, 0.25) is 21.8 Å². The molecule has 2 aromatic carbocycles. The molecule has 2 aromatic rings. The topological polar surface area (TPSA) is 86.8 Å². The summed E-state index contributed by atoms with van der Waals surface area (Å²) in [5.74, 6) is -0.303. The van der Waals surface area contributed by atoms with Crippen molar-refractivity contribution in [2.24, 2.45) is 0 Å². The van der Waals surface area contributed by atoms with Gasteiger partial charge in [-0.1, -0.05) is 62.7 Å². The Labute approximate surface area is 210 Å². The van der Waals surface area contributed by atoms with Gasteiger partial charge in [-0.05, 0) is 49.4 Å². The molecule has 2 amide bonds. The van der Waals surface area contributed by atoms with Crippen LogP contribution in [0.15, 0.2) is 59.5 Å². The van der Waals surface area contributed by atoms with Crippen molar-refractivity contribution in [3.8, 4) is 0 Å². The van der Waals surface area contributed by atoms with E-state index in [1.165, 1.54) is 11.4 Å². The number of nitrogens with one attached hydrogen (secondary N) is 1. The fourth-order valence-corrected chi connectivity index (χ4v) is 5.12. The lowest BCUT2D eigenvalue weighted by atomic mass is 10.1. The van der Waals surface area contributed by atoms with Crippen LogP contribution < -0.4 is 5.32 Å². The highest BCUT2D eigenvalue weighted by molar-refractivity contribution is 7.89. The lowest BCUT2D eigenvalue weighted by Gasteiger charge is -2.31. The molecule has 1 atom stereocenters. The van der Waals surface area contributed by atoms with E-state index in [-0.39, 0.29) is 29.7 Å². The molecule has 192 valence electrons. The van der Waals surface area contributed by atoms with E-state index in [1.54, 1.807) is 35.2 Å². The number of nitrogens with zero attached hydrogens (tertiary/aromatic N) is 2. The first-order chi connectivity index (χ1) is 16.7. The van der Waals surface area contributed by atoms with Crippen molar-refractivity contribution in [1.82, 2.24) is 14.5 Å². The van der Waals surface area contributed by atoms with Crippen LogP contribution in [0.2, 0.25) is 0 Å². The SMILES string of the molecule is CCCCNC(=O)C(CC)N(Cc1ccccc1C)C(=O)CCCN(C)S(=O)(=O)c1ccccc1. The average molecular weight is 502 g/mol. The van der Waals surface area contributed by atoms with Crippen molar-refractivity contribution >= 4 is 21.8 Å². The number of hydrogen-bond acceptors (Lipinski definition) is 4. The highest BCUT2D eigenvalue weighted by atomic mass is 32.2. The smallest absolute Gasteiger partial charge is 0.242 e. The predicted octanol–water partition coefficient (Wildman–Crippen LogP) is 4.12. The molecule has 1 unspecified atom stereocenters. The first-order valence-corrected chi connectivity index (χ1v) is 13.8. The second-order valence-corrected chi connectivity index (χ2v) is 10.8. The number of rotatable bonds is 14. The molecule has 8 heteroatoms. The lowest BCUT2D eigenvalue weighted by Crippen LogP contribution is -2.49. The Morgan fingerprint density at radius 1 is 0.971 bits per heavy atom. The first-order valence-electron chi connectivity index (χ1n) is 12.3. The van der Waals surface area contributed by atoms with E-state index < -0.39 is 16.1 Å². The maximum Gasteiger partial charge on any atom is 0.242 e. The van der Waals surface area contributed by atoms with Crippen LogP contribution in [0, 0.1) is 6.92 Å². The van der Waals surface area contributed by atoms with E-state index in [1.807, 2.05) is 38.1 Å². The number of benzene rings is 2. The van der Waals surface area contributed by atoms with Crippen LogP contribution in [0.3, 0.4) is 0 Å². The molecule has 35 heavy (non-hydrogen) atoms.